The second kappa shape index (κ2) is 5.82. The SMILES string of the molecule is O=C(OCC1C2CN(P)CC12)C1c2ccccc2Oc2ccccc21. The fourth-order valence-electron chi connectivity index (χ4n) is 4.35. The Morgan fingerprint density at radius 2 is 1.60 bits per heavy atom. The summed E-state index contributed by atoms with van der Waals surface area (Å²) in [7, 11) is 2.77. The van der Waals surface area contributed by atoms with Gasteiger partial charge in [-0.3, -0.25) is 9.46 Å². The topological polar surface area (TPSA) is 38.8 Å². The van der Waals surface area contributed by atoms with E-state index in [-0.39, 0.29) is 5.97 Å². The summed E-state index contributed by atoms with van der Waals surface area (Å²) < 4.78 is 14.0. The third kappa shape index (κ3) is 2.56. The summed E-state index contributed by atoms with van der Waals surface area (Å²) in [6.07, 6.45) is 0. The Labute approximate surface area is 149 Å². The highest BCUT2D eigenvalue weighted by molar-refractivity contribution is 7.13. The third-order valence-corrected chi connectivity index (χ3v) is 6.15. The Morgan fingerprint density at radius 1 is 1.04 bits per heavy atom. The average molecular weight is 353 g/mol. The lowest BCUT2D eigenvalue weighted by atomic mass is 9.88. The van der Waals surface area contributed by atoms with Gasteiger partial charge in [-0.05, 0) is 24.0 Å². The molecule has 0 spiro atoms. The summed E-state index contributed by atoms with van der Waals surface area (Å²) in [6, 6.07) is 15.5. The van der Waals surface area contributed by atoms with E-state index < -0.39 is 5.92 Å². The lowest BCUT2D eigenvalue weighted by Gasteiger charge is -2.27. The molecule has 4 nitrogen and oxygen atoms in total. The van der Waals surface area contributed by atoms with Crippen molar-refractivity contribution < 1.29 is 14.3 Å². The average Bonchev–Trinajstić information content (AvgIpc) is 3.10. The van der Waals surface area contributed by atoms with Crippen molar-refractivity contribution >= 4 is 15.4 Å². The van der Waals surface area contributed by atoms with E-state index in [2.05, 4.69) is 14.1 Å². The summed E-state index contributed by atoms with van der Waals surface area (Å²) in [5, 5.41) is 0. The molecule has 0 N–H and O–H groups in total. The lowest BCUT2D eigenvalue weighted by molar-refractivity contribution is -0.145. The molecule has 3 unspecified atom stereocenters. The molecule has 128 valence electrons. The third-order valence-electron chi connectivity index (χ3n) is 5.73. The number of hydrogen-bond acceptors (Lipinski definition) is 4. The Kier molecular flexibility index (Phi) is 3.58. The Hall–Kier alpha value is -1.90. The smallest absolute Gasteiger partial charge is 0.318 e. The van der Waals surface area contributed by atoms with E-state index in [1.165, 1.54) is 0 Å². The van der Waals surface area contributed by atoms with Crippen molar-refractivity contribution in [3.63, 3.8) is 0 Å². The van der Waals surface area contributed by atoms with Crippen LogP contribution in [0.15, 0.2) is 48.5 Å². The summed E-state index contributed by atoms with van der Waals surface area (Å²) >= 11 is 0. The van der Waals surface area contributed by atoms with Crippen LogP contribution in [-0.2, 0) is 9.53 Å². The first kappa shape index (κ1) is 15.4. The van der Waals surface area contributed by atoms with Gasteiger partial charge in [-0.2, -0.15) is 0 Å². The Morgan fingerprint density at radius 3 is 2.20 bits per heavy atom. The number of benzene rings is 2. The molecule has 3 atom stereocenters. The molecule has 2 aliphatic heterocycles. The van der Waals surface area contributed by atoms with Crippen LogP contribution in [0.2, 0.25) is 0 Å². The predicted octanol–water partition coefficient (Wildman–Crippen LogP) is 3.44. The summed E-state index contributed by atoms with van der Waals surface area (Å²) in [5.74, 6) is 2.83. The zero-order chi connectivity index (χ0) is 17.0. The van der Waals surface area contributed by atoms with E-state index in [0.717, 1.165) is 35.7 Å². The van der Waals surface area contributed by atoms with Crippen molar-refractivity contribution in [2.45, 2.75) is 5.92 Å². The van der Waals surface area contributed by atoms with Gasteiger partial charge in [0.15, 0.2) is 0 Å². The first-order chi connectivity index (χ1) is 12.2. The molecule has 0 aromatic heterocycles. The lowest BCUT2D eigenvalue weighted by Crippen LogP contribution is -2.23. The van der Waals surface area contributed by atoms with Crippen molar-refractivity contribution in [1.29, 1.82) is 0 Å². The van der Waals surface area contributed by atoms with E-state index in [1.807, 2.05) is 48.5 Å². The zero-order valence-electron chi connectivity index (χ0n) is 13.8. The summed E-state index contributed by atoms with van der Waals surface area (Å²) in [5.41, 5.74) is 1.77. The van der Waals surface area contributed by atoms with Gasteiger partial charge in [0.25, 0.3) is 0 Å². The molecular formula is C20H20NO3P. The van der Waals surface area contributed by atoms with E-state index >= 15 is 0 Å². The number of piperidine rings is 1. The van der Waals surface area contributed by atoms with Crippen LogP contribution in [0.1, 0.15) is 17.0 Å². The second-order valence-electron chi connectivity index (χ2n) is 7.19. The highest BCUT2D eigenvalue weighted by atomic mass is 31.0. The molecule has 5 heteroatoms. The van der Waals surface area contributed by atoms with Gasteiger partial charge < -0.3 is 9.47 Å². The Bertz CT molecular complexity index is 782. The van der Waals surface area contributed by atoms with Gasteiger partial charge in [-0.1, -0.05) is 45.8 Å². The molecule has 1 saturated carbocycles. The normalized spacial score (nSPS) is 27.0. The monoisotopic (exact) mass is 353 g/mol. The molecule has 3 aliphatic rings. The van der Waals surface area contributed by atoms with Crippen molar-refractivity contribution in [3.05, 3.63) is 59.7 Å². The van der Waals surface area contributed by atoms with Crippen LogP contribution in [0.25, 0.3) is 0 Å². The standard InChI is InChI=1S/C20H20NO3P/c22-20(23-11-16-14-9-21(25)10-15(14)16)19-12-5-1-3-7-17(12)24-18-8-4-2-6-13(18)19/h1-8,14-16,19H,9-11,25H2. The molecule has 5 rings (SSSR count). The van der Waals surface area contributed by atoms with Gasteiger partial charge in [0.05, 0.1) is 6.61 Å². The van der Waals surface area contributed by atoms with Crippen molar-refractivity contribution in [2.24, 2.45) is 17.8 Å². The van der Waals surface area contributed by atoms with Gasteiger partial charge in [-0.15, -0.1) is 0 Å². The number of nitrogens with zero attached hydrogens (tertiary/aromatic N) is 1. The van der Waals surface area contributed by atoms with E-state index in [9.17, 15) is 4.79 Å². The highest BCUT2D eigenvalue weighted by Crippen LogP contribution is 2.53. The highest BCUT2D eigenvalue weighted by Gasteiger charge is 2.55. The zero-order valence-corrected chi connectivity index (χ0v) is 15.0. The second-order valence-corrected chi connectivity index (χ2v) is 7.92. The molecule has 2 fully saturated rings. The number of para-hydroxylation sites is 2. The van der Waals surface area contributed by atoms with Crippen LogP contribution in [0.4, 0.5) is 0 Å². The first-order valence-electron chi connectivity index (χ1n) is 8.74. The summed E-state index contributed by atoms with van der Waals surface area (Å²) in [6.45, 7) is 2.73. The van der Waals surface area contributed by atoms with Crippen molar-refractivity contribution in [1.82, 2.24) is 4.67 Å². The molecule has 0 radical (unpaired) electrons. The predicted molar refractivity (Wildman–Crippen MR) is 97.5 cm³/mol. The van der Waals surface area contributed by atoms with E-state index in [4.69, 9.17) is 9.47 Å². The molecule has 2 heterocycles. The molecular weight excluding hydrogens is 333 g/mol. The quantitative estimate of drug-likeness (QED) is 0.626. The van der Waals surface area contributed by atoms with Crippen LogP contribution in [0, 0.1) is 17.8 Å². The van der Waals surface area contributed by atoms with Crippen LogP contribution in [0.5, 0.6) is 11.5 Å². The minimum absolute atomic E-state index is 0.170. The molecule has 1 saturated heterocycles. The van der Waals surface area contributed by atoms with Gasteiger partial charge in [0.1, 0.15) is 17.4 Å². The maximum atomic E-state index is 12.9. The maximum absolute atomic E-state index is 12.9. The first-order valence-corrected chi connectivity index (χ1v) is 9.26. The molecule has 0 bridgehead atoms. The fraction of sp³-hybridized carbons (Fsp3) is 0.350. The van der Waals surface area contributed by atoms with Gasteiger partial charge >= 0.3 is 5.97 Å². The number of ether oxygens (including phenoxy) is 2. The van der Waals surface area contributed by atoms with Crippen molar-refractivity contribution in [3.8, 4) is 11.5 Å². The minimum atomic E-state index is -0.405. The largest absolute Gasteiger partial charge is 0.465 e. The fourth-order valence-corrected chi connectivity index (χ4v) is 4.84. The van der Waals surface area contributed by atoms with Crippen LogP contribution < -0.4 is 4.74 Å². The maximum Gasteiger partial charge on any atom is 0.318 e. The van der Waals surface area contributed by atoms with E-state index in [0.29, 0.717) is 24.4 Å². The van der Waals surface area contributed by atoms with Crippen LogP contribution in [-0.4, -0.2) is 30.3 Å². The molecule has 2 aromatic carbocycles. The van der Waals surface area contributed by atoms with Gasteiger partial charge in [0.2, 0.25) is 0 Å². The summed E-state index contributed by atoms with van der Waals surface area (Å²) in [4.78, 5) is 12.9. The molecule has 1 aliphatic carbocycles. The molecule has 0 amide bonds. The number of esters is 1. The van der Waals surface area contributed by atoms with Crippen LogP contribution in [0.3, 0.4) is 0 Å². The molecule has 2 aromatic rings. The van der Waals surface area contributed by atoms with Crippen molar-refractivity contribution in [2.75, 3.05) is 19.7 Å². The number of fused-ring (bicyclic) bond motifs is 3. The van der Waals surface area contributed by atoms with E-state index in [1.54, 1.807) is 0 Å². The van der Waals surface area contributed by atoms with Gasteiger partial charge in [-0.25, -0.2) is 0 Å². The number of carbonyl (C=O) groups excluding carboxylic acids is 1. The number of hydrogen-bond donors (Lipinski definition) is 0. The number of rotatable bonds is 3. The van der Waals surface area contributed by atoms with Gasteiger partial charge in [0, 0.05) is 30.1 Å². The number of carbonyl (C=O) groups is 1. The van der Waals surface area contributed by atoms with Crippen LogP contribution >= 0.6 is 9.39 Å². The minimum Gasteiger partial charge on any atom is -0.465 e. The Balaban J connectivity index is 1.37. The molecule has 25 heavy (non-hydrogen) atoms.